The normalized spacial score (nSPS) is 35.1. The minimum Gasteiger partial charge on any atom is -0.481 e. The summed E-state index contributed by atoms with van der Waals surface area (Å²) in [5.74, 6) is -0.873. The highest BCUT2D eigenvalue weighted by molar-refractivity contribution is 5.70. The number of carbonyl (C=O) groups is 1. The van der Waals surface area contributed by atoms with Crippen LogP contribution in [0.25, 0.3) is 0 Å². The zero-order chi connectivity index (χ0) is 11.0. The molecule has 0 aromatic rings. The van der Waals surface area contributed by atoms with Crippen LogP contribution in [-0.2, 0) is 4.79 Å². The summed E-state index contributed by atoms with van der Waals surface area (Å²) in [5, 5.41) is 9.13. The average Bonchev–Trinajstić information content (AvgIpc) is 2.92. The molecule has 0 radical (unpaired) electrons. The van der Waals surface area contributed by atoms with E-state index in [0.29, 0.717) is 18.6 Å². The fourth-order valence-corrected chi connectivity index (χ4v) is 2.57. The average molecular weight is 212 g/mol. The maximum atomic E-state index is 11.1. The predicted molar refractivity (Wildman–Crippen MR) is 57.8 cm³/mol. The van der Waals surface area contributed by atoms with Gasteiger partial charge in [-0.2, -0.15) is 0 Å². The lowest BCUT2D eigenvalue weighted by Crippen LogP contribution is -2.40. The molecular weight excluding hydrogens is 192 g/mol. The van der Waals surface area contributed by atoms with Gasteiger partial charge in [0.05, 0.1) is 5.92 Å². The number of carboxylic acids is 1. The topological polar surface area (TPSA) is 43.8 Å². The zero-order valence-electron chi connectivity index (χ0n) is 9.52. The SMILES string of the molecule is CC1CN(C)CC(C(=O)O)CN1C1CC1. The van der Waals surface area contributed by atoms with Crippen LogP contribution in [0.5, 0.6) is 0 Å². The lowest BCUT2D eigenvalue weighted by atomic mass is 10.1. The predicted octanol–water partition coefficient (Wildman–Crippen LogP) is 0.486. The Morgan fingerprint density at radius 3 is 2.47 bits per heavy atom. The van der Waals surface area contributed by atoms with Crippen molar-refractivity contribution >= 4 is 5.97 Å². The Kier molecular flexibility index (Phi) is 2.98. The molecule has 0 aromatic heterocycles. The third-order valence-corrected chi connectivity index (χ3v) is 3.47. The zero-order valence-corrected chi connectivity index (χ0v) is 9.52. The maximum absolute atomic E-state index is 11.1. The van der Waals surface area contributed by atoms with Crippen LogP contribution >= 0.6 is 0 Å². The summed E-state index contributed by atoms with van der Waals surface area (Å²) in [6, 6.07) is 1.15. The van der Waals surface area contributed by atoms with E-state index in [1.54, 1.807) is 0 Å². The molecule has 2 rings (SSSR count). The summed E-state index contributed by atoms with van der Waals surface area (Å²) in [4.78, 5) is 15.6. The first-order chi connectivity index (χ1) is 7.08. The summed E-state index contributed by atoms with van der Waals surface area (Å²) in [5.41, 5.74) is 0. The Hall–Kier alpha value is -0.610. The van der Waals surface area contributed by atoms with Gasteiger partial charge in [-0.25, -0.2) is 0 Å². The van der Waals surface area contributed by atoms with Crippen LogP contribution in [-0.4, -0.2) is 59.6 Å². The maximum Gasteiger partial charge on any atom is 0.309 e. The molecule has 2 unspecified atom stereocenters. The van der Waals surface area contributed by atoms with Crippen molar-refractivity contribution in [2.75, 3.05) is 26.7 Å². The monoisotopic (exact) mass is 212 g/mol. The number of aliphatic carboxylic acids is 1. The van der Waals surface area contributed by atoms with Crippen LogP contribution in [0.3, 0.4) is 0 Å². The van der Waals surface area contributed by atoms with E-state index in [0.717, 1.165) is 13.1 Å². The van der Waals surface area contributed by atoms with E-state index in [1.165, 1.54) is 12.8 Å². The minimum absolute atomic E-state index is 0.222. The largest absolute Gasteiger partial charge is 0.481 e. The molecule has 0 spiro atoms. The van der Waals surface area contributed by atoms with Crippen LogP contribution in [0.15, 0.2) is 0 Å². The van der Waals surface area contributed by atoms with Gasteiger partial charge in [0.25, 0.3) is 0 Å². The quantitative estimate of drug-likeness (QED) is 0.723. The van der Waals surface area contributed by atoms with Crippen LogP contribution in [0.1, 0.15) is 19.8 Å². The van der Waals surface area contributed by atoms with Crippen molar-refractivity contribution in [2.24, 2.45) is 5.92 Å². The molecule has 0 amide bonds. The Balaban J connectivity index is 2.07. The molecule has 4 heteroatoms. The Bertz CT molecular complexity index is 253. The standard InChI is InChI=1S/C11H20N2O2/c1-8-5-12(2)6-9(11(14)15)7-13(8)10-3-4-10/h8-10H,3-7H2,1-2H3,(H,14,15). The first kappa shape index (κ1) is 10.9. The molecule has 0 bridgehead atoms. The van der Waals surface area contributed by atoms with E-state index < -0.39 is 5.97 Å². The minimum atomic E-state index is -0.651. The first-order valence-electron chi connectivity index (χ1n) is 5.75. The number of hydrogen-bond donors (Lipinski definition) is 1. The molecule has 1 saturated carbocycles. The van der Waals surface area contributed by atoms with Crippen LogP contribution in [0.4, 0.5) is 0 Å². The van der Waals surface area contributed by atoms with Gasteiger partial charge in [-0.15, -0.1) is 0 Å². The van der Waals surface area contributed by atoms with E-state index >= 15 is 0 Å². The molecule has 4 nitrogen and oxygen atoms in total. The molecule has 1 aliphatic heterocycles. The van der Waals surface area contributed by atoms with Gasteiger partial charge in [0.15, 0.2) is 0 Å². The first-order valence-corrected chi connectivity index (χ1v) is 5.75. The third-order valence-electron chi connectivity index (χ3n) is 3.47. The fraction of sp³-hybridized carbons (Fsp3) is 0.909. The number of nitrogens with zero attached hydrogens (tertiary/aromatic N) is 2. The highest BCUT2D eigenvalue weighted by Gasteiger charge is 2.37. The highest BCUT2D eigenvalue weighted by atomic mass is 16.4. The molecule has 1 saturated heterocycles. The Morgan fingerprint density at radius 1 is 1.27 bits per heavy atom. The molecule has 1 aliphatic carbocycles. The lowest BCUT2D eigenvalue weighted by Gasteiger charge is -2.28. The molecule has 2 aliphatic rings. The van der Waals surface area contributed by atoms with Gasteiger partial charge in [0, 0.05) is 31.7 Å². The van der Waals surface area contributed by atoms with Crippen molar-refractivity contribution in [1.29, 1.82) is 0 Å². The Labute approximate surface area is 90.9 Å². The summed E-state index contributed by atoms with van der Waals surface area (Å²) in [7, 11) is 2.02. The number of carboxylic acid groups (broad SMARTS) is 1. The summed E-state index contributed by atoms with van der Waals surface area (Å²) < 4.78 is 0. The number of hydrogen-bond acceptors (Lipinski definition) is 3. The molecule has 2 fully saturated rings. The molecule has 1 heterocycles. The van der Waals surface area contributed by atoms with Gasteiger partial charge in [-0.05, 0) is 26.8 Å². The fourth-order valence-electron chi connectivity index (χ4n) is 2.57. The van der Waals surface area contributed by atoms with Crippen molar-refractivity contribution in [2.45, 2.75) is 31.8 Å². The molecule has 1 N–H and O–H groups in total. The van der Waals surface area contributed by atoms with Gasteiger partial charge in [-0.1, -0.05) is 0 Å². The van der Waals surface area contributed by atoms with Crippen molar-refractivity contribution in [3.8, 4) is 0 Å². The van der Waals surface area contributed by atoms with Gasteiger partial charge in [0.1, 0.15) is 0 Å². The smallest absolute Gasteiger partial charge is 0.309 e. The molecular formula is C11H20N2O2. The second-order valence-corrected chi connectivity index (χ2v) is 5.03. The second kappa shape index (κ2) is 4.10. The summed E-state index contributed by atoms with van der Waals surface area (Å²) in [6.45, 7) is 4.60. The molecule has 0 aromatic carbocycles. The molecule has 86 valence electrons. The number of rotatable bonds is 2. The van der Waals surface area contributed by atoms with Gasteiger partial charge >= 0.3 is 5.97 Å². The van der Waals surface area contributed by atoms with Crippen LogP contribution < -0.4 is 0 Å². The van der Waals surface area contributed by atoms with Gasteiger partial charge in [0.2, 0.25) is 0 Å². The summed E-state index contributed by atoms with van der Waals surface area (Å²) >= 11 is 0. The molecule has 2 atom stereocenters. The van der Waals surface area contributed by atoms with E-state index in [-0.39, 0.29) is 5.92 Å². The van der Waals surface area contributed by atoms with E-state index in [2.05, 4.69) is 16.7 Å². The van der Waals surface area contributed by atoms with E-state index in [4.69, 9.17) is 5.11 Å². The Morgan fingerprint density at radius 2 is 1.93 bits per heavy atom. The highest BCUT2D eigenvalue weighted by Crippen LogP contribution is 2.30. The van der Waals surface area contributed by atoms with Gasteiger partial charge in [-0.3, -0.25) is 9.69 Å². The van der Waals surface area contributed by atoms with E-state index in [9.17, 15) is 4.79 Å². The van der Waals surface area contributed by atoms with Crippen molar-refractivity contribution in [1.82, 2.24) is 9.80 Å². The molecule has 15 heavy (non-hydrogen) atoms. The number of likely N-dealkylation sites (N-methyl/N-ethyl adjacent to an activating group) is 1. The van der Waals surface area contributed by atoms with E-state index in [1.807, 2.05) is 7.05 Å². The summed E-state index contributed by atoms with van der Waals surface area (Å²) in [6.07, 6.45) is 2.50. The van der Waals surface area contributed by atoms with Crippen molar-refractivity contribution in [3.05, 3.63) is 0 Å². The van der Waals surface area contributed by atoms with Crippen molar-refractivity contribution in [3.63, 3.8) is 0 Å². The van der Waals surface area contributed by atoms with Gasteiger partial charge < -0.3 is 10.0 Å². The lowest BCUT2D eigenvalue weighted by molar-refractivity contribution is -0.142. The van der Waals surface area contributed by atoms with Crippen LogP contribution in [0, 0.1) is 5.92 Å². The second-order valence-electron chi connectivity index (χ2n) is 5.03. The van der Waals surface area contributed by atoms with Crippen LogP contribution in [0.2, 0.25) is 0 Å². The third kappa shape index (κ3) is 2.49. The van der Waals surface area contributed by atoms with Crippen molar-refractivity contribution < 1.29 is 9.90 Å².